The zero-order chi connectivity index (χ0) is 17.8. The summed E-state index contributed by atoms with van der Waals surface area (Å²) in [6.07, 6.45) is 1.47. The van der Waals surface area contributed by atoms with E-state index >= 15 is 0 Å². The molecule has 0 aliphatic heterocycles. The number of likely N-dealkylation sites (N-methyl/N-ethyl adjacent to an activating group) is 1. The molecule has 0 aliphatic carbocycles. The third-order valence-corrected chi connectivity index (χ3v) is 4.98. The average molecular weight is 336 g/mol. The topological polar surface area (TPSA) is 40.0 Å². The van der Waals surface area contributed by atoms with Crippen molar-refractivity contribution in [2.45, 2.75) is 46.0 Å². The molecule has 0 amide bonds. The molecule has 0 spiro atoms. The highest BCUT2D eigenvalue weighted by molar-refractivity contribution is 5.83. The molecule has 0 saturated carbocycles. The molecule has 136 valence electrons. The second-order valence-corrected chi connectivity index (χ2v) is 6.11. The molecule has 1 rings (SSSR count). The minimum absolute atomic E-state index is 0.142. The van der Waals surface area contributed by atoms with Crippen molar-refractivity contribution in [2.75, 3.05) is 39.5 Å². The number of hydrogen-bond acceptors (Lipinski definition) is 3. The summed E-state index contributed by atoms with van der Waals surface area (Å²) in [5.74, 6) is -0.142. The highest BCUT2D eigenvalue weighted by Crippen LogP contribution is 2.33. The Balaban J connectivity index is 2.45. The van der Waals surface area contributed by atoms with Gasteiger partial charge in [-0.15, -0.1) is 0 Å². The van der Waals surface area contributed by atoms with Gasteiger partial charge in [0.2, 0.25) is 0 Å². The van der Waals surface area contributed by atoms with Crippen molar-refractivity contribution in [1.29, 1.82) is 0 Å². The summed E-state index contributed by atoms with van der Waals surface area (Å²) in [5.41, 5.74) is 0.484. The summed E-state index contributed by atoms with van der Waals surface area (Å²) in [6, 6.07) is 9.94. The second kappa shape index (κ2) is 11.2. The second-order valence-electron chi connectivity index (χ2n) is 6.11. The molecule has 0 aromatic heterocycles. The lowest BCUT2D eigenvalue weighted by molar-refractivity contribution is -0.896. The highest BCUT2D eigenvalue weighted by atomic mass is 16.6. The van der Waals surface area contributed by atoms with Gasteiger partial charge in [-0.3, -0.25) is 4.79 Å². The Labute approximate surface area is 147 Å². The van der Waals surface area contributed by atoms with E-state index in [1.54, 1.807) is 0 Å². The van der Waals surface area contributed by atoms with Crippen molar-refractivity contribution < 1.29 is 19.2 Å². The van der Waals surface area contributed by atoms with E-state index in [0.717, 1.165) is 38.0 Å². The zero-order valence-electron chi connectivity index (χ0n) is 15.8. The Kier molecular flexibility index (Phi) is 9.65. The van der Waals surface area contributed by atoms with Crippen LogP contribution >= 0.6 is 0 Å². The SMILES string of the molecule is CC[NH+](CC)CCOCCOC(=O)C(CC)(CC)c1ccccc1. The van der Waals surface area contributed by atoms with Gasteiger partial charge in [-0.05, 0) is 32.3 Å². The summed E-state index contributed by atoms with van der Waals surface area (Å²) < 4.78 is 11.1. The Hall–Kier alpha value is -1.39. The van der Waals surface area contributed by atoms with Gasteiger partial charge in [-0.1, -0.05) is 44.2 Å². The molecule has 0 atom stereocenters. The Morgan fingerprint density at radius 3 is 2.12 bits per heavy atom. The van der Waals surface area contributed by atoms with Crippen LogP contribution in [0, 0.1) is 0 Å². The van der Waals surface area contributed by atoms with E-state index in [-0.39, 0.29) is 5.97 Å². The van der Waals surface area contributed by atoms with Crippen molar-refractivity contribution >= 4 is 5.97 Å². The minimum Gasteiger partial charge on any atom is -0.463 e. The van der Waals surface area contributed by atoms with E-state index in [1.165, 1.54) is 4.90 Å². The maximum atomic E-state index is 12.7. The molecule has 1 aromatic carbocycles. The fourth-order valence-corrected chi connectivity index (χ4v) is 3.08. The lowest BCUT2D eigenvalue weighted by Gasteiger charge is -2.29. The molecule has 24 heavy (non-hydrogen) atoms. The van der Waals surface area contributed by atoms with Gasteiger partial charge in [0.1, 0.15) is 13.2 Å². The predicted molar refractivity (Wildman–Crippen MR) is 97.4 cm³/mol. The van der Waals surface area contributed by atoms with Gasteiger partial charge in [0.15, 0.2) is 0 Å². The third-order valence-electron chi connectivity index (χ3n) is 4.98. The number of esters is 1. The monoisotopic (exact) mass is 336 g/mol. The van der Waals surface area contributed by atoms with Crippen LogP contribution in [0.3, 0.4) is 0 Å². The van der Waals surface area contributed by atoms with E-state index in [1.807, 2.05) is 44.2 Å². The average Bonchev–Trinajstić information content (AvgIpc) is 2.63. The van der Waals surface area contributed by atoms with Crippen LogP contribution < -0.4 is 4.90 Å². The number of rotatable bonds is 12. The Morgan fingerprint density at radius 2 is 1.58 bits per heavy atom. The number of benzene rings is 1. The normalized spacial score (nSPS) is 11.7. The molecule has 0 aliphatic rings. The summed E-state index contributed by atoms with van der Waals surface area (Å²) in [6.45, 7) is 13.2. The first-order valence-corrected chi connectivity index (χ1v) is 9.28. The van der Waals surface area contributed by atoms with Crippen molar-refractivity contribution in [3.05, 3.63) is 35.9 Å². The number of hydrogen-bond donors (Lipinski definition) is 1. The van der Waals surface area contributed by atoms with Crippen LogP contribution in [0.1, 0.15) is 46.1 Å². The first kappa shape index (κ1) is 20.7. The van der Waals surface area contributed by atoms with Crippen molar-refractivity contribution in [3.8, 4) is 0 Å². The van der Waals surface area contributed by atoms with E-state index in [9.17, 15) is 4.79 Å². The summed E-state index contributed by atoms with van der Waals surface area (Å²) in [5, 5.41) is 0. The molecule has 1 aromatic rings. The van der Waals surface area contributed by atoms with Crippen molar-refractivity contribution in [1.82, 2.24) is 0 Å². The Bertz CT molecular complexity index is 453. The van der Waals surface area contributed by atoms with Gasteiger partial charge in [0.25, 0.3) is 0 Å². The fraction of sp³-hybridized carbons (Fsp3) is 0.650. The van der Waals surface area contributed by atoms with E-state index in [2.05, 4.69) is 13.8 Å². The summed E-state index contributed by atoms with van der Waals surface area (Å²) in [4.78, 5) is 14.2. The molecular formula is C20H34NO3+. The largest absolute Gasteiger partial charge is 0.463 e. The third kappa shape index (κ3) is 5.60. The quantitative estimate of drug-likeness (QED) is 0.470. The van der Waals surface area contributed by atoms with Crippen LogP contribution in [0.2, 0.25) is 0 Å². The number of quaternary nitrogens is 1. The van der Waals surface area contributed by atoms with E-state index in [4.69, 9.17) is 9.47 Å². The van der Waals surface area contributed by atoms with Gasteiger partial charge < -0.3 is 14.4 Å². The molecule has 0 saturated heterocycles. The van der Waals surface area contributed by atoms with E-state index in [0.29, 0.717) is 19.8 Å². The van der Waals surface area contributed by atoms with Crippen LogP contribution in [0.25, 0.3) is 0 Å². The Morgan fingerprint density at radius 1 is 0.958 bits per heavy atom. The molecule has 0 unspecified atom stereocenters. The lowest BCUT2D eigenvalue weighted by Crippen LogP contribution is -3.11. The first-order chi connectivity index (χ1) is 11.6. The van der Waals surface area contributed by atoms with Gasteiger partial charge in [0, 0.05) is 0 Å². The smallest absolute Gasteiger partial charge is 0.316 e. The fourth-order valence-electron chi connectivity index (χ4n) is 3.08. The molecule has 0 bridgehead atoms. The van der Waals surface area contributed by atoms with Crippen LogP contribution in [0.5, 0.6) is 0 Å². The number of carbonyl (C=O) groups is 1. The number of nitrogens with one attached hydrogen (secondary N) is 1. The molecule has 0 radical (unpaired) electrons. The van der Waals surface area contributed by atoms with Crippen molar-refractivity contribution in [2.24, 2.45) is 0 Å². The number of carbonyl (C=O) groups excluding carboxylic acids is 1. The van der Waals surface area contributed by atoms with Gasteiger partial charge in [-0.25, -0.2) is 0 Å². The van der Waals surface area contributed by atoms with Gasteiger partial charge in [0.05, 0.1) is 31.7 Å². The molecule has 1 N–H and O–H groups in total. The number of ether oxygens (including phenoxy) is 2. The maximum Gasteiger partial charge on any atom is 0.316 e. The summed E-state index contributed by atoms with van der Waals surface area (Å²) in [7, 11) is 0. The molecule has 4 heteroatoms. The molecule has 0 heterocycles. The van der Waals surface area contributed by atoms with Crippen LogP contribution in [-0.4, -0.2) is 45.4 Å². The predicted octanol–water partition coefficient (Wildman–Crippen LogP) is 2.23. The first-order valence-electron chi connectivity index (χ1n) is 9.28. The zero-order valence-corrected chi connectivity index (χ0v) is 15.8. The highest BCUT2D eigenvalue weighted by Gasteiger charge is 2.38. The molecule has 4 nitrogen and oxygen atoms in total. The summed E-state index contributed by atoms with van der Waals surface area (Å²) >= 11 is 0. The maximum absolute atomic E-state index is 12.7. The van der Waals surface area contributed by atoms with Crippen LogP contribution in [0.15, 0.2) is 30.3 Å². The van der Waals surface area contributed by atoms with Crippen LogP contribution in [-0.2, 0) is 19.7 Å². The standard InChI is InChI=1S/C20H33NO3/c1-5-20(6-2,18-12-10-9-11-13-18)19(22)24-17-16-23-15-14-21(7-3)8-4/h9-13H,5-8,14-17H2,1-4H3/p+1. The van der Waals surface area contributed by atoms with Gasteiger partial charge >= 0.3 is 5.97 Å². The minimum atomic E-state index is -0.549. The lowest BCUT2D eigenvalue weighted by atomic mass is 9.76. The van der Waals surface area contributed by atoms with Crippen molar-refractivity contribution in [3.63, 3.8) is 0 Å². The van der Waals surface area contributed by atoms with Crippen LogP contribution in [0.4, 0.5) is 0 Å². The molecular weight excluding hydrogens is 302 g/mol. The van der Waals surface area contributed by atoms with Gasteiger partial charge in [-0.2, -0.15) is 0 Å². The van der Waals surface area contributed by atoms with E-state index < -0.39 is 5.41 Å². The molecule has 0 fully saturated rings.